The van der Waals surface area contributed by atoms with Crippen molar-refractivity contribution in [3.8, 4) is 11.5 Å². The highest BCUT2D eigenvalue weighted by Crippen LogP contribution is 2.32. The molecule has 0 aliphatic carbocycles. The smallest absolute Gasteiger partial charge is 0.170 e. The molecule has 4 aromatic rings. The molecule has 5 nitrogen and oxygen atoms in total. The molecule has 0 N–H and O–H groups in total. The number of furan rings is 1. The van der Waals surface area contributed by atoms with Crippen molar-refractivity contribution in [2.75, 3.05) is 0 Å². The SMILES string of the molecule is Cc1cc(C=O)nn1Cc1cc(Cl)cc2cc(-c3ccccn3)oc12. The van der Waals surface area contributed by atoms with Gasteiger partial charge in [-0.05, 0) is 43.3 Å². The van der Waals surface area contributed by atoms with Crippen LogP contribution in [0.3, 0.4) is 0 Å². The van der Waals surface area contributed by atoms with E-state index in [1.54, 1.807) is 16.9 Å². The van der Waals surface area contributed by atoms with Crippen molar-refractivity contribution in [1.29, 1.82) is 0 Å². The van der Waals surface area contributed by atoms with Crippen LogP contribution < -0.4 is 0 Å². The van der Waals surface area contributed by atoms with E-state index in [9.17, 15) is 4.79 Å². The first-order valence-electron chi connectivity index (χ1n) is 7.77. The number of hydrogen-bond donors (Lipinski definition) is 0. The van der Waals surface area contributed by atoms with Crippen molar-refractivity contribution in [2.45, 2.75) is 13.5 Å². The van der Waals surface area contributed by atoms with Gasteiger partial charge in [-0.25, -0.2) is 0 Å². The Kier molecular flexibility index (Phi) is 3.86. The monoisotopic (exact) mass is 351 g/mol. The van der Waals surface area contributed by atoms with E-state index in [0.717, 1.165) is 34.2 Å². The lowest BCUT2D eigenvalue weighted by atomic mass is 10.1. The summed E-state index contributed by atoms with van der Waals surface area (Å²) in [5.74, 6) is 0.685. The summed E-state index contributed by atoms with van der Waals surface area (Å²) in [6.07, 6.45) is 2.47. The summed E-state index contributed by atoms with van der Waals surface area (Å²) in [4.78, 5) is 15.3. The maximum atomic E-state index is 10.9. The molecule has 0 amide bonds. The lowest BCUT2D eigenvalue weighted by Gasteiger charge is -2.06. The molecule has 6 heteroatoms. The van der Waals surface area contributed by atoms with E-state index in [1.807, 2.05) is 43.3 Å². The minimum Gasteiger partial charge on any atom is -0.454 e. The minimum absolute atomic E-state index is 0.407. The van der Waals surface area contributed by atoms with Gasteiger partial charge in [-0.1, -0.05) is 17.7 Å². The van der Waals surface area contributed by atoms with Crippen LogP contribution in [0.25, 0.3) is 22.4 Å². The van der Waals surface area contributed by atoms with Crippen molar-refractivity contribution in [1.82, 2.24) is 14.8 Å². The van der Waals surface area contributed by atoms with Crippen LogP contribution in [0.15, 0.2) is 53.1 Å². The molecule has 0 saturated carbocycles. The molecule has 0 bridgehead atoms. The average Bonchev–Trinajstić information content (AvgIpc) is 3.19. The van der Waals surface area contributed by atoms with Gasteiger partial charge in [0, 0.05) is 27.9 Å². The summed E-state index contributed by atoms with van der Waals surface area (Å²) < 4.78 is 7.82. The van der Waals surface area contributed by atoms with Crippen LogP contribution >= 0.6 is 11.6 Å². The van der Waals surface area contributed by atoms with Crippen LogP contribution in [0.4, 0.5) is 0 Å². The molecule has 0 atom stereocenters. The highest BCUT2D eigenvalue weighted by Gasteiger charge is 2.14. The van der Waals surface area contributed by atoms with Crippen molar-refractivity contribution in [3.05, 3.63) is 70.6 Å². The minimum atomic E-state index is 0.407. The largest absolute Gasteiger partial charge is 0.454 e. The fraction of sp³-hybridized carbons (Fsp3) is 0.105. The fourth-order valence-corrected chi connectivity index (χ4v) is 3.10. The Morgan fingerprint density at radius 2 is 2.12 bits per heavy atom. The molecule has 3 heterocycles. The number of aryl methyl sites for hydroxylation is 1. The molecule has 3 aromatic heterocycles. The second kappa shape index (κ2) is 6.18. The van der Waals surface area contributed by atoms with Crippen LogP contribution in [0, 0.1) is 6.92 Å². The Bertz CT molecular complexity index is 1070. The van der Waals surface area contributed by atoms with Crippen LogP contribution in [-0.4, -0.2) is 21.1 Å². The predicted octanol–water partition coefficient (Wildman–Crippen LogP) is 4.51. The summed E-state index contributed by atoms with van der Waals surface area (Å²) in [5.41, 5.74) is 3.70. The number of hydrogen-bond acceptors (Lipinski definition) is 4. The van der Waals surface area contributed by atoms with Gasteiger partial charge in [0.25, 0.3) is 0 Å². The second-order valence-electron chi connectivity index (χ2n) is 5.79. The second-order valence-corrected chi connectivity index (χ2v) is 6.23. The molecule has 0 fully saturated rings. The molecule has 0 saturated heterocycles. The van der Waals surface area contributed by atoms with Crippen molar-refractivity contribution < 1.29 is 9.21 Å². The van der Waals surface area contributed by atoms with Gasteiger partial charge in [0.05, 0.1) is 6.54 Å². The number of benzene rings is 1. The van der Waals surface area contributed by atoms with Gasteiger partial charge in [0.2, 0.25) is 0 Å². The topological polar surface area (TPSA) is 60.9 Å². The Morgan fingerprint density at radius 1 is 1.24 bits per heavy atom. The third kappa shape index (κ3) is 2.94. The lowest BCUT2D eigenvalue weighted by molar-refractivity contribution is 0.111. The van der Waals surface area contributed by atoms with Gasteiger partial charge in [-0.3, -0.25) is 14.5 Å². The van der Waals surface area contributed by atoms with Crippen molar-refractivity contribution >= 4 is 28.9 Å². The zero-order chi connectivity index (χ0) is 17.4. The van der Waals surface area contributed by atoms with E-state index in [2.05, 4.69) is 10.1 Å². The molecule has 124 valence electrons. The summed E-state index contributed by atoms with van der Waals surface area (Å²) in [7, 11) is 0. The maximum Gasteiger partial charge on any atom is 0.170 e. The number of carbonyl (C=O) groups excluding carboxylic acids is 1. The number of aromatic nitrogens is 3. The molecule has 4 rings (SSSR count). The summed E-state index contributed by atoms with van der Waals surface area (Å²) in [5, 5.41) is 5.80. The molecule has 0 spiro atoms. The van der Waals surface area contributed by atoms with Crippen LogP contribution in [-0.2, 0) is 6.54 Å². The molecule has 25 heavy (non-hydrogen) atoms. The number of pyridine rings is 1. The van der Waals surface area contributed by atoms with E-state index in [-0.39, 0.29) is 0 Å². The van der Waals surface area contributed by atoms with Crippen LogP contribution in [0.5, 0.6) is 0 Å². The molecule has 0 radical (unpaired) electrons. The normalized spacial score (nSPS) is 11.1. The Morgan fingerprint density at radius 3 is 2.84 bits per heavy atom. The average molecular weight is 352 g/mol. The molecule has 0 unspecified atom stereocenters. The zero-order valence-corrected chi connectivity index (χ0v) is 14.2. The van der Waals surface area contributed by atoms with Gasteiger partial charge in [0.15, 0.2) is 12.0 Å². The number of halogens is 1. The molecular weight excluding hydrogens is 338 g/mol. The van der Waals surface area contributed by atoms with Gasteiger partial charge >= 0.3 is 0 Å². The predicted molar refractivity (Wildman–Crippen MR) is 95.9 cm³/mol. The highest BCUT2D eigenvalue weighted by atomic mass is 35.5. The fourth-order valence-electron chi connectivity index (χ4n) is 2.85. The number of fused-ring (bicyclic) bond motifs is 1. The number of rotatable bonds is 4. The first kappa shape index (κ1) is 15.6. The quantitative estimate of drug-likeness (QED) is 0.507. The van der Waals surface area contributed by atoms with Gasteiger partial charge < -0.3 is 4.42 Å². The van der Waals surface area contributed by atoms with E-state index < -0.39 is 0 Å². The first-order valence-corrected chi connectivity index (χ1v) is 8.15. The van der Waals surface area contributed by atoms with Gasteiger partial charge in [0.1, 0.15) is 17.0 Å². The molecule has 0 aliphatic heterocycles. The number of nitrogens with zero attached hydrogens (tertiary/aromatic N) is 3. The van der Waals surface area contributed by atoms with E-state index in [4.69, 9.17) is 16.0 Å². The van der Waals surface area contributed by atoms with Gasteiger partial charge in [-0.15, -0.1) is 0 Å². The summed E-state index contributed by atoms with van der Waals surface area (Å²) in [6.45, 7) is 2.37. The molecule has 1 aromatic carbocycles. The summed E-state index contributed by atoms with van der Waals surface area (Å²) >= 11 is 6.27. The standard InChI is InChI=1S/C19H14ClN3O2/c1-12-6-16(11-24)22-23(12)10-14-8-15(20)7-13-9-18(25-19(13)14)17-4-2-3-5-21-17/h2-9,11H,10H2,1H3. The van der Waals surface area contributed by atoms with Crippen LogP contribution in [0.2, 0.25) is 5.02 Å². The van der Waals surface area contributed by atoms with E-state index in [0.29, 0.717) is 23.0 Å². The third-order valence-corrected chi connectivity index (χ3v) is 4.23. The number of aldehydes is 1. The maximum absolute atomic E-state index is 10.9. The summed E-state index contributed by atoms with van der Waals surface area (Å²) in [6, 6.07) is 13.1. The Hall–Kier alpha value is -2.92. The van der Waals surface area contributed by atoms with Gasteiger partial charge in [-0.2, -0.15) is 5.10 Å². The molecule has 0 aliphatic rings. The zero-order valence-electron chi connectivity index (χ0n) is 13.4. The Labute approximate surface area is 148 Å². The highest BCUT2D eigenvalue weighted by molar-refractivity contribution is 6.31. The van der Waals surface area contributed by atoms with E-state index >= 15 is 0 Å². The molecular formula is C19H14ClN3O2. The first-order chi connectivity index (χ1) is 12.1. The van der Waals surface area contributed by atoms with Crippen LogP contribution in [0.1, 0.15) is 21.7 Å². The Balaban J connectivity index is 1.81. The van der Waals surface area contributed by atoms with Crippen molar-refractivity contribution in [2.24, 2.45) is 0 Å². The third-order valence-electron chi connectivity index (χ3n) is 4.02. The van der Waals surface area contributed by atoms with E-state index in [1.165, 1.54) is 0 Å². The lowest BCUT2D eigenvalue weighted by Crippen LogP contribution is -2.04. The number of carbonyl (C=O) groups is 1. The van der Waals surface area contributed by atoms with Crippen molar-refractivity contribution in [3.63, 3.8) is 0 Å².